The Labute approximate surface area is 178 Å². The molecule has 2 aromatic rings. The van der Waals surface area contributed by atoms with Crippen LogP contribution in [0.15, 0.2) is 51.8 Å². The first-order chi connectivity index (χ1) is 13.6. The summed E-state index contributed by atoms with van der Waals surface area (Å²) in [6, 6.07) is 11.7. The quantitative estimate of drug-likeness (QED) is 0.585. The molecular formula is C19H22BrN3O5S. The maximum absolute atomic E-state index is 12.5. The average molecular weight is 484 g/mol. The van der Waals surface area contributed by atoms with Crippen molar-refractivity contribution >= 4 is 37.8 Å². The Morgan fingerprint density at radius 2 is 1.55 bits per heavy atom. The number of benzene rings is 2. The van der Waals surface area contributed by atoms with Crippen LogP contribution < -0.4 is 15.6 Å². The first kappa shape index (κ1) is 22.9. The van der Waals surface area contributed by atoms with E-state index in [9.17, 15) is 18.0 Å². The van der Waals surface area contributed by atoms with Crippen molar-refractivity contribution in [3.8, 4) is 5.75 Å². The Hall–Kier alpha value is -2.43. The zero-order valence-corrected chi connectivity index (χ0v) is 18.6. The lowest BCUT2D eigenvalue weighted by atomic mass is 10.1. The van der Waals surface area contributed by atoms with Gasteiger partial charge in [0, 0.05) is 11.5 Å². The summed E-state index contributed by atoms with van der Waals surface area (Å²) in [6.45, 7) is 2.98. The molecule has 0 aliphatic carbocycles. The monoisotopic (exact) mass is 483 g/mol. The maximum Gasteiger partial charge on any atom is 0.276 e. The molecule has 2 rings (SSSR count). The minimum absolute atomic E-state index is 0.0574. The van der Waals surface area contributed by atoms with Crippen LogP contribution in [0.4, 0.5) is 0 Å². The molecule has 2 amide bonds. The Morgan fingerprint density at radius 3 is 2.14 bits per heavy atom. The van der Waals surface area contributed by atoms with Crippen molar-refractivity contribution in [2.75, 3.05) is 20.2 Å². The molecule has 0 bridgehead atoms. The molecular weight excluding hydrogens is 462 g/mol. The van der Waals surface area contributed by atoms with E-state index in [1.807, 2.05) is 32.0 Å². The first-order valence-corrected chi connectivity index (χ1v) is 10.8. The summed E-state index contributed by atoms with van der Waals surface area (Å²) in [6.07, 6.45) is 0. The number of nitrogens with zero attached hydrogens (tertiary/aromatic N) is 1. The number of sulfonamides is 1. The van der Waals surface area contributed by atoms with E-state index in [1.54, 1.807) is 12.1 Å². The number of hydrogen-bond acceptors (Lipinski definition) is 5. The molecule has 0 spiro atoms. The van der Waals surface area contributed by atoms with Crippen LogP contribution in [0, 0.1) is 13.8 Å². The number of para-hydroxylation sites is 1. The fourth-order valence-electron chi connectivity index (χ4n) is 2.45. The van der Waals surface area contributed by atoms with Crippen LogP contribution in [-0.2, 0) is 19.6 Å². The number of hydrogen-bond donors (Lipinski definition) is 2. The van der Waals surface area contributed by atoms with Crippen LogP contribution in [0.25, 0.3) is 0 Å². The van der Waals surface area contributed by atoms with Gasteiger partial charge >= 0.3 is 0 Å². The second kappa shape index (κ2) is 9.86. The van der Waals surface area contributed by atoms with Crippen LogP contribution in [0.3, 0.4) is 0 Å². The molecule has 156 valence electrons. The zero-order valence-electron chi connectivity index (χ0n) is 16.2. The summed E-state index contributed by atoms with van der Waals surface area (Å²) >= 11 is 3.24. The third-order valence-corrected chi connectivity index (χ3v) is 6.33. The van der Waals surface area contributed by atoms with Crippen LogP contribution in [0.1, 0.15) is 11.1 Å². The second-order valence-electron chi connectivity index (χ2n) is 6.32. The lowest BCUT2D eigenvalue weighted by Crippen LogP contribution is -2.48. The molecule has 0 aliphatic heterocycles. The van der Waals surface area contributed by atoms with Crippen LogP contribution in [0.2, 0.25) is 0 Å². The van der Waals surface area contributed by atoms with Gasteiger partial charge < -0.3 is 4.74 Å². The largest absolute Gasteiger partial charge is 0.483 e. The van der Waals surface area contributed by atoms with Gasteiger partial charge in [0.15, 0.2) is 6.61 Å². The molecule has 0 aliphatic rings. The van der Waals surface area contributed by atoms with Crippen LogP contribution >= 0.6 is 15.9 Å². The molecule has 0 fully saturated rings. The molecule has 0 aromatic heterocycles. The minimum Gasteiger partial charge on any atom is -0.483 e. The van der Waals surface area contributed by atoms with Gasteiger partial charge in [-0.05, 0) is 49.2 Å². The Balaban J connectivity index is 1.84. The van der Waals surface area contributed by atoms with Crippen molar-refractivity contribution in [3.63, 3.8) is 0 Å². The van der Waals surface area contributed by atoms with E-state index in [-0.39, 0.29) is 11.5 Å². The molecule has 2 N–H and O–H groups in total. The summed E-state index contributed by atoms with van der Waals surface area (Å²) in [4.78, 5) is 23.9. The summed E-state index contributed by atoms with van der Waals surface area (Å²) in [5, 5.41) is 0. The summed E-state index contributed by atoms with van der Waals surface area (Å²) < 4.78 is 32.1. The van der Waals surface area contributed by atoms with Gasteiger partial charge in [0.1, 0.15) is 5.75 Å². The van der Waals surface area contributed by atoms with E-state index in [4.69, 9.17) is 4.74 Å². The molecule has 29 heavy (non-hydrogen) atoms. The van der Waals surface area contributed by atoms with Gasteiger partial charge in [0.2, 0.25) is 10.0 Å². The highest BCUT2D eigenvalue weighted by Gasteiger charge is 2.23. The van der Waals surface area contributed by atoms with Gasteiger partial charge in [0.25, 0.3) is 11.8 Å². The fourth-order valence-corrected chi connectivity index (χ4v) is 3.84. The van der Waals surface area contributed by atoms with Gasteiger partial charge in [-0.15, -0.1) is 0 Å². The number of carbonyl (C=O) groups excluding carboxylic acids is 2. The number of amides is 2. The van der Waals surface area contributed by atoms with E-state index in [0.29, 0.717) is 5.75 Å². The van der Waals surface area contributed by atoms with E-state index in [2.05, 4.69) is 26.8 Å². The number of carbonyl (C=O) groups is 2. The third-order valence-electron chi connectivity index (χ3n) is 3.99. The lowest BCUT2D eigenvalue weighted by molar-refractivity contribution is -0.130. The van der Waals surface area contributed by atoms with Crippen molar-refractivity contribution in [2.45, 2.75) is 18.7 Å². The van der Waals surface area contributed by atoms with Crippen molar-refractivity contribution in [1.29, 1.82) is 0 Å². The first-order valence-electron chi connectivity index (χ1n) is 8.60. The highest BCUT2D eigenvalue weighted by Crippen LogP contribution is 2.22. The van der Waals surface area contributed by atoms with Gasteiger partial charge in [0.05, 0.1) is 11.4 Å². The van der Waals surface area contributed by atoms with Gasteiger partial charge in [-0.2, -0.15) is 4.31 Å². The summed E-state index contributed by atoms with van der Waals surface area (Å²) in [7, 11) is -2.55. The normalized spacial score (nSPS) is 11.2. The van der Waals surface area contributed by atoms with E-state index in [0.717, 1.165) is 19.9 Å². The van der Waals surface area contributed by atoms with E-state index >= 15 is 0 Å². The SMILES string of the molecule is Cc1cccc(C)c1OCC(=O)NNC(=O)CN(C)S(=O)(=O)c1ccc(Br)cc1. The fraction of sp³-hybridized carbons (Fsp3) is 0.263. The summed E-state index contributed by atoms with van der Waals surface area (Å²) in [5.74, 6) is -0.651. The number of nitrogens with one attached hydrogen (secondary N) is 2. The van der Waals surface area contributed by atoms with Crippen molar-refractivity contribution in [1.82, 2.24) is 15.2 Å². The predicted molar refractivity (Wildman–Crippen MR) is 112 cm³/mol. The Morgan fingerprint density at radius 1 is 1.00 bits per heavy atom. The zero-order chi connectivity index (χ0) is 21.6. The Bertz CT molecular complexity index is 973. The smallest absolute Gasteiger partial charge is 0.276 e. The molecule has 8 nitrogen and oxygen atoms in total. The predicted octanol–water partition coefficient (Wildman–Crippen LogP) is 1.91. The molecule has 0 saturated heterocycles. The van der Waals surface area contributed by atoms with Gasteiger partial charge in [-0.3, -0.25) is 20.4 Å². The van der Waals surface area contributed by atoms with E-state index in [1.165, 1.54) is 19.2 Å². The topological polar surface area (TPSA) is 105 Å². The summed E-state index contributed by atoms with van der Waals surface area (Å²) in [5.41, 5.74) is 6.16. The minimum atomic E-state index is -3.83. The molecule has 0 saturated carbocycles. The molecule has 0 atom stereocenters. The highest BCUT2D eigenvalue weighted by atomic mass is 79.9. The van der Waals surface area contributed by atoms with Crippen molar-refractivity contribution in [3.05, 3.63) is 58.1 Å². The lowest BCUT2D eigenvalue weighted by Gasteiger charge is -2.17. The molecule has 0 radical (unpaired) electrons. The maximum atomic E-state index is 12.5. The average Bonchev–Trinajstić information content (AvgIpc) is 2.66. The van der Waals surface area contributed by atoms with Crippen LogP contribution in [-0.4, -0.2) is 44.7 Å². The third kappa shape index (κ3) is 6.28. The number of halogens is 1. The number of rotatable bonds is 7. The molecule has 0 unspecified atom stereocenters. The number of likely N-dealkylation sites (N-methyl/N-ethyl adjacent to an activating group) is 1. The number of ether oxygens (including phenoxy) is 1. The Kier molecular flexibility index (Phi) is 7.77. The van der Waals surface area contributed by atoms with Gasteiger partial charge in [-0.25, -0.2) is 8.42 Å². The standard InChI is InChI=1S/C19H22BrN3O5S/c1-13-5-4-6-14(2)19(13)28-12-18(25)22-21-17(24)11-23(3)29(26,27)16-9-7-15(20)8-10-16/h4-10H,11-12H2,1-3H3,(H,21,24)(H,22,25). The molecule has 10 heteroatoms. The van der Waals surface area contributed by atoms with Crippen molar-refractivity contribution in [2.24, 2.45) is 0 Å². The van der Waals surface area contributed by atoms with E-state index < -0.39 is 28.4 Å². The van der Waals surface area contributed by atoms with Crippen molar-refractivity contribution < 1.29 is 22.7 Å². The molecule has 2 aromatic carbocycles. The van der Waals surface area contributed by atoms with Crippen LogP contribution in [0.5, 0.6) is 5.75 Å². The second-order valence-corrected chi connectivity index (χ2v) is 9.28. The molecule has 0 heterocycles. The number of aryl methyl sites for hydroxylation is 2. The van der Waals surface area contributed by atoms with Gasteiger partial charge in [-0.1, -0.05) is 34.1 Å². The highest BCUT2D eigenvalue weighted by molar-refractivity contribution is 9.10. The number of hydrazine groups is 1.